The van der Waals surface area contributed by atoms with Gasteiger partial charge in [-0.25, -0.2) is 4.39 Å². The lowest BCUT2D eigenvalue weighted by molar-refractivity contribution is 0.141. The lowest BCUT2D eigenvalue weighted by atomic mass is 10.0. The first-order valence-corrected chi connectivity index (χ1v) is 5.85. The van der Waals surface area contributed by atoms with Crippen molar-refractivity contribution in [2.45, 2.75) is 19.0 Å². The van der Waals surface area contributed by atoms with E-state index in [1.807, 2.05) is 6.07 Å². The molecule has 1 fully saturated rings. The Morgan fingerprint density at radius 3 is 2.88 bits per heavy atom. The number of halogens is 2. The second-order valence-electron chi connectivity index (χ2n) is 4.36. The zero-order chi connectivity index (χ0) is 11.7. The van der Waals surface area contributed by atoms with Crippen LogP contribution in [0.2, 0.25) is 5.02 Å². The van der Waals surface area contributed by atoms with Gasteiger partial charge in [-0.15, -0.1) is 0 Å². The first-order chi connectivity index (χ1) is 7.59. The summed E-state index contributed by atoms with van der Waals surface area (Å²) in [6, 6.07) is 5.72. The molecule has 0 bridgehead atoms. The Morgan fingerprint density at radius 2 is 2.19 bits per heavy atom. The molecule has 1 N–H and O–H groups in total. The summed E-state index contributed by atoms with van der Waals surface area (Å²) >= 11 is 5.68. The monoisotopic (exact) mass is 242 g/mol. The Labute approximate surface area is 100 Å². The van der Waals surface area contributed by atoms with Crippen molar-refractivity contribution in [3.05, 3.63) is 34.6 Å². The predicted octanol–water partition coefficient (Wildman–Crippen LogP) is 2.44. The van der Waals surface area contributed by atoms with Crippen LogP contribution in [0.5, 0.6) is 0 Å². The molecule has 16 heavy (non-hydrogen) atoms. The molecule has 0 aromatic heterocycles. The molecule has 1 unspecified atom stereocenters. The number of rotatable bonds is 1. The molecule has 1 heterocycles. The Hall–Kier alpha value is -0.640. The molecule has 4 heteroatoms. The summed E-state index contributed by atoms with van der Waals surface area (Å²) < 4.78 is 13.4. The molecule has 1 saturated heterocycles. The molecule has 1 aromatic rings. The largest absolute Gasteiger partial charge is 0.313 e. The Kier molecular flexibility index (Phi) is 3.47. The summed E-state index contributed by atoms with van der Waals surface area (Å²) in [6.45, 7) is 3.98. The summed E-state index contributed by atoms with van der Waals surface area (Å²) in [6.07, 6.45) is 0. The fourth-order valence-electron chi connectivity index (χ4n) is 2.10. The fraction of sp³-hybridized carbons (Fsp3) is 0.500. The number of nitrogens with zero attached hydrogens (tertiary/aromatic N) is 1. The Bertz CT molecular complexity index is 383. The molecule has 0 amide bonds. The molecule has 0 aliphatic carbocycles. The van der Waals surface area contributed by atoms with E-state index < -0.39 is 0 Å². The van der Waals surface area contributed by atoms with Crippen molar-refractivity contribution in [2.24, 2.45) is 0 Å². The molecule has 88 valence electrons. The topological polar surface area (TPSA) is 15.3 Å². The summed E-state index contributed by atoms with van der Waals surface area (Å²) in [5.41, 5.74) is 0.975. The highest BCUT2D eigenvalue weighted by atomic mass is 35.5. The number of hydrogen-bond acceptors (Lipinski definition) is 2. The van der Waals surface area contributed by atoms with E-state index >= 15 is 0 Å². The molecule has 2 atom stereocenters. The molecule has 0 radical (unpaired) electrons. The number of hydrogen-bond donors (Lipinski definition) is 1. The highest BCUT2D eigenvalue weighted by molar-refractivity contribution is 6.30. The average molecular weight is 243 g/mol. The van der Waals surface area contributed by atoms with Crippen LogP contribution in [0.25, 0.3) is 0 Å². The van der Waals surface area contributed by atoms with Crippen LogP contribution in [0.15, 0.2) is 18.2 Å². The molecule has 2 rings (SSSR count). The number of benzene rings is 1. The predicted molar refractivity (Wildman–Crippen MR) is 64.2 cm³/mol. The summed E-state index contributed by atoms with van der Waals surface area (Å²) in [7, 11) is 2.07. The van der Waals surface area contributed by atoms with Gasteiger partial charge in [0.05, 0.1) is 5.02 Å². The average Bonchev–Trinajstić information content (AvgIpc) is 2.26. The molecule has 1 aliphatic heterocycles. The lowest BCUT2D eigenvalue weighted by Gasteiger charge is -2.38. The van der Waals surface area contributed by atoms with Crippen molar-refractivity contribution in [1.82, 2.24) is 10.2 Å². The molecule has 1 aliphatic rings. The number of nitrogens with one attached hydrogen (secondary N) is 1. The van der Waals surface area contributed by atoms with Gasteiger partial charge in [-0.05, 0) is 31.7 Å². The Morgan fingerprint density at radius 1 is 1.44 bits per heavy atom. The van der Waals surface area contributed by atoms with Gasteiger partial charge in [0, 0.05) is 25.2 Å². The SMILES string of the molecule is C[C@@H]1CNCC(c2ccc(Cl)c(F)c2)N1C. The van der Waals surface area contributed by atoms with E-state index in [4.69, 9.17) is 11.6 Å². The van der Waals surface area contributed by atoms with E-state index in [1.165, 1.54) is 6.07 Å². The van der Waals surface area contributed by atoms with E-state index in [0.717, 1.165) is 18.7 Å². The molecule has 0 saturated carbocycles. The standard InChI is InChI=1S/C12H16ClFN2/c1-8-6-15-7-12(16(8)2)9-3-4-10(13)11(14)5-9/h3-5,8,12,15H,6-7H2,1-2H3/t8-,12?/m1/s1. The van der Waals surface area contributed by atoms with E-state index in [0.29, 0.717) is 6.04 Å². The quantitative estimate of drug-likeness (QED) is 0.814. The summed E-state index contributed by atoms with van der Waals surface area (Å²) in [5, 5.41) is 3.53. The first kappa shape index (κ1) is 11.8. The molecular weight excluding hydrogens is 227 g/mol. The van der Waals surface area contributed by atoms with Gasteiger partial charge >= 0.3 is 0 Å². The van der Waals surface area contributed by atoms with Gasteiger partial charge in [0.2, 0.25) is 0 Å². The first-order valence-electron chi connectivity index (χ1n) is 5.47. The van der Waals surface area contributed by atoms with Crippen LogP contribution in [0.1, 0.15) is 18.5 Å². The summed E-state index contributed by atoms with van der Waals surface area (Å²) in [5.74, 6) is -0.342. The molecule has 0 spiro atoms. The third-order valence-corrected chi connectivity index (χ3v) is 3.60. The minimum atomic E-state index is -0.342. The van der Waals surface area contributed by atoms with Gasteiger partial charge in [0.1, 0.15) is 5.82 Å². The van der Waals surface area contributed by atoms with Gasteiger partial charge in [-0.2, -0.15) is 0 Å². The van der Waals surface area contributed by atoms with Crippen molar-refractivity contribution < 1.29 is 4.39 Å². The maximum Gasteiger partial charge on any atom is 0.142 e. The van der Waals surface area contributed by atoms with Gasteiger partial charge in [0.25, 0.3) is 0 Å². The van der Waals surface area contributed by atoms with Crippen molar-refractivity contribution in [3.63, 3.8) is 0 Å². The zero-order valence-corrected chi connectivity index (χ0v) is 10.3. The zero-order valence-electron chi connectivity index (χ0n) is 9.50. The third-order valence-electron chi connectivity index (χ3n) is 3.29. The van der Waals surface area contributed by atoms with Crippen LogP contribution >= 0.6 is 11.6 Å². The van der Waals surface area contributed by atoms with E-state index in [1.54, 1.807) is 6.07 Å². The number of likely N-dealkylation sites (N-methyl/N-ethyl adjacent to an activating group) is 1. The van der Waals surface area contributed by atoms with Crippen LogP contribution in [0.4, 0.5) is 4.39 Å². The smallest absolute Gasteiger partial charge is 0.142 e. The maximum atomic E-state index is 13.4. The van der Waals surface area contributed by atoms with Crippen LogP contribution in [-0.4, -0.2) is 31.1 Å². The lowest BCUT2D eigenvalue weighted by Crippen LogP contribution is -2.49. The van der Waals surface area contributed by atoms with Crippen molar-refractivity contribution in [3.8, 4) is 0 Å². The van der Waals surface area contributed by atoms with Crippen LogP contribution < -0.4 is 5.32 Å². The van der Waals surface area contributed by atoms with Gasteiger partial charge < -0.3 is 5.32 Å². The van der Waals surface area contributed by atoms with Crippen molar-refractivity contribution in [1.29, 1.82) is 0 Å². The van der Waals surface area contributed by atoms with Crippen LogP contribution in [0.3, 0.4) is 0 Å². The molecular formula is C12H16ClFN2. The van der Waals surface area contributed by atoms with Crippen molar-refractivity contribution in [2.75, 3.05) is 20.1 Å². The highest BCUT2D eigenvalue weighted by Crippen LogP contribution is 2.26. The van der Waals surface area contributed by atoms with E-state index in [-0.39, 0.29) is 16.9 Å². The molecule has 1 aromatic carbocycles. The minimum Gasteiger partial charge on any atom is -0.313 e. The maximum absolute atomic E-state index is 13.4. The van der Waals surface area contributed by atoms with Gasteiger partial charge in [-0.3, -0.25) is 4.90 Å². The fourth-order valence-corrected chi connectivity index (χ4v) is 2.21. The van der Waals surface area contributed by atoms with E-state index in [9.17, 15) is 4.39 Å². The van der Waals surface area contributed by atoms with Crippen molar-refractivity contribution >= 4 is 11.6 Å². The van der Waals surface area contributed by atoms with Crippen LogP contribution in [0, 0.1) is 5.82 Å². The van der Waals surface area contributed by atoms with Gasteiger partial charge in [-0.1, -0.05) is 17.7 Å². The highest BCUT2D eigenvalue weighted by Gasteiger charge is 2.25. The summed E-state index contributed by atoms with van der Waals surface area (Å²) in [4.78, 5) is 2.26. The van der Waals surface area contributed by atoms with Crippen LogP contribution in [-0.2, 0) is 0 Å². The second-order valence-corrected chi connectivity index (χ2v) is 4.77. The normalized spacial score (nSPS) is 27.0. The second kappa shape index (κ2) is 4.70. The Balaban J connectivity index is 2.25. The molecule has 2 nitrogen and oxygen atoms in total. The van der Waals surface area contributed by atoms with Gasteiger partial charge in [0.15, 0.2) is 0 Å². The minimum absolute atomic E-state index is 0.184. The van der Waals surface area contributed by atoms with E-state index in [2.05, 4.69) is 24.2 Å². The number of piperazine rings is 1. The third kappa shape index (κ3) is 2.21.